The standard InChI is InChI=1S/C17H13BrN3O2.Y/c1-2-5-11-10-19-17(22)14(11)16-15(21-23-9-8-18)12-6-3-4-7-13(12)20-16;/h1-7,20H,8-9H2,(H,19,22);/b5-2?,16-14-,21-15+;. The summed E-state index contributed by atoms with van der Waals surface area (Å²) in [5.41, 5.74) is 4.97. The van der Waals surface area contributed by atoms with E-state index in [1.165, 1.54) is 0 Å². The number of carbonyl (C=O) groups excluding carboxylic acids is 1. The van der Waals surface area contributed by atoms with Gasteiger partial charge in [-0.05, 0) is 0 Å². The van der Waals surface area contributed by atoms with Gasteiger partial charge in [-0.3, -0.25) is 0 Å². The van der Waals surface area contributed by atoms with Gasteiger partial charge in [-0.1, -0.05) is 0 Å². The van der Waals surface area contributed by atoms with Crippen molar-refractivity contribution in [2.24, 2.45) is 5.16 Å². The van der Waals surface area contributed by atoms with Crippen molar-refractivity contribution in [3.05, 3.63) is 61.3 Å². The molecular weight excluding hydrogens is 447 g/mol. The summed E-state index contributed by atoms with van der Waals surface area (Å²) in [6.07, 6.45) is 4.06. The van der Waals surface area contributed by atoms with E-state index < -0.39 is 28.7 Å². The number of nitrogens with one attached hydrogen (secondary N) is 2. The Morgan fingerprint density at radius 2 is 2.12 bits per heavy atom. The molecule has 3 heterocycles. The van der Waals surface area contributed by atoms with Crippen LogP contribution in [0.4, 0.5) is 5.69 Å². The molecular formula is C17H13BrN3O2Y. The van der Waals surface area contributed by atoms with Crippen LogP contribution in [-0.4, -0.2) is 26.4 Å². The zero-order valence-electron chi connectivity index (χ0n) is 12.7. The first-order chi connectivity index (χ1) is 11.8. The summed E-state index contributed by atoms with van der Waals surface area (Å²) < 4.78 is 3.34. The number of anilines is 1. The zero-order chi connectivity index (χ0) is 16.5. The fourth-order valence-electron chi connectivity index (χ4n) is 2.91. The first-order valence-electron chi connectivity index (χ1n) is 7.57. The summed E-state index contributed by atoms with van der Waals surface area (Å²) in [5, 5.41) is 11.4. The molecule has 2 N–H and O–H groups in total. The van der Waals surface area contributed by atoms with Crippen LogP contribution in [0.5, 0.6) is 0 Å². The Balaban J connectivity index is 1.86. The summed E-state index contributed by atoms with van der Waals surface area (Å²) >= 11 is 2.29. The van der Waals surface area contributed by atoms with Gasteiger partial charge in [0.25, 0.3) is 0 Å². The van der Waals surface area contributed by atoms with Crippen molar-refractivity contribution in [3.63, 3.8) is 0 Å². The second-order valence-corrected chi connectivity index (χ2v) is 9.36. The van der Waals surface area contributed by atoms with Gasteiger partial charge in [0.15, 0.2) is 0 Å². The molecule has 0 spiro atoms. The summed E-state index contributed by atoms with van der Waals surface area (Å²) in [4.78, 5) is 18.0. The molecule has 7 heteroatoms. The Kier molecular flexibility index (Phi) is 4.61. The van der Waals surface area contributed by atoms with E-state index in [0.717, 1.165) is 25.0 Å². The third-order valence-electron chi connectivity index (χ3n) is 3.92. The summed E-state index contributed by atoms with van der Waals surface area (Å²) in [6.45, 7) is 0.471. The first-order valence-corrected chi connectivity index (χ1v) is 11.8. The van der Waals surface area contributed by atoms with Gasteiger partial charge < -0.3 is 0 Å². The van der Waals surface area contributed by atoms with E-state index in [1.807, 2.05) is 30.3 Å². The summed E-state index contributed by atoms with van der Waals surface area (Å²) in [7, 11) is 0. The third kappa shape index (κ3) is 2.77. The van der Waals surface area contributed by atoms with Gasteiger partial charge in [-0.15, -0.1) is 0 Å². The Hall–Kier alpha value is -1.37. The fourth-order valence-corrected chi connectivity index (χ4v) is 5.64. The molecule has 0 atom stereocenters. The Morgan fingerprint density at radius 3 is 3.00 bits per heavy atom. The summed E-state index contributed by atoms with van der Waals surface area (Å²) in [6, 6.07) is 7.88. The number of halogens is 1. The third-order valence-corrected chi connectivity index (χ3v) is 7.21. The van der Waals surface area contributed by atoms with Crippen molar-refractivity contribution in [2.75, 3.05) is 17.3 Å². The molecule has 3 aliphatic rings. The van der Waals surface area contributed by atoms with Crippen LogP contribution in [0.1, 0.15) is 5.56 Å². The van der Waals surface area contributed by atoms with Crippen molar-refractivity contribution in [1.29, 1.82) is 0 Å². The molecule has 24 heavy (non-hydrogen) atoms. The molecule has 3 aliphatic heterocycles. The van der Waals surface area contributed by atoms with E-state index in [0.29, 0.717) is 23.2 Å². The molecule has 0 fully saturated rings. The average Bonchev–Trinajstić information content (AvgIpc) is 3.12. The molecule has 1 amide bonds. The number of hydrogen-bond acceptors (Lipinski definition) is 4. The molecule has 4 rings (SSSR count). The van der Waals surface area contributed by atoms with Gasteiger partial charge in [0, 0.05) is 0 Å². The van der Waals surface area contributed by atoms with Gasteiger partial charge in [0.2, 0.25) is 0 Å². The number of amides is 1. The summed E-state index contributed by atoms with van der Waals surface area (Å²) in [5.74, 6) is -0.0604. The van der Waals surface area contributed by atoms with Crippen LogP contribution >= 0.6 is 15.9 Å². The van der Waals surface area contributed by atoms with E-state index in [9.17, 15) is 4.79 Å². The molecule has 0 aliphatic carbocycles. The molecule has 0 saturated carbocycles. The van der Waals surface area contributed by atoms with E-state index in [-0.39, 0.29) is 5.91 Å². The molecule has 0 bridgehead atoms. The van der Waals surface area contributed by atoms with Gasteiger partial charge in [0.1, 0.15) is 0 Å². The minimum atomic E-state index is -1.03. The van der Waals surface area contributed by atoms with E-state index in [4.69, 9.17) is 4.84 Å². The number of para-hydroxylation sites is 1. The van der Waals surface area contributed by atoms with Crippen molar-refractivity contribution in [3.8, 4) is 0 Å². The predicted octanol–water partition coefficient (Wildman–Crippen LogP) is 2.28. The Morgan fingerprint density at radius 1 is 1.25 bits per heavy atom. The number of allylic oxidation sites excluding steroid dienone is 3. The molecule has 0 radical (unpaired) electrons. The van der Waals surface area contributed by atoms with Crippen LogP contribution < -0.4 is 10.6 Å². The van der Waals surface area contributed by atoms with Gasteiger partial charge in [-0.25, -0.2) is 0 Å². The molecule has 0 unspecified atom stereocenters. The second-order valence-electron chi connectivity index (χ2n) is 5.38. The van der Waals surface area contributed by atoms with Crippen LogP contribution in [-0.2, 0) is 38.3 Å². The molecule has 1 aromatic carbocycles. The molecule has 0 saturated heterocycles. The van der Waals surface area contributed by atoms with E-state index >= 15 is 0 Å². The Bertz CT molecular complexity index is 884. The minimum absolute atomic E-state index is 0.0604. The normalized spacial score (nSPS) is 22.2. The van der Waals surface area contributed by atoms with Crippen LogP contribution in [0.3, 0.4) is 0 Å². The van der Waals surface area contributed by atoms with E-state index in [2.05, 4.69) is 40.6 Å². The Labute approximate surface area is 162 Å². The second kappa shape index (κ2) is 6.86. The molecule has 5 nitrogen and oxygen atoms in total. The quantitative estimate of drug-likeness (QED) is 0.315. The molecule has 1 aromatic rings. The predicted molar refractivity (Wildman–Crippen MR) is 93.7 cm³/mol. The van der Waals surface area contributed by atoms with Crippen LogP contribution in [0.15, 0.2) is 60.9 Å². The SMILES string of the molecule is O=C1N[C]2=C(C=C[CH]=[Y]2)/C1=C1/Nc2ccccc2/C1=N\OCCBr. The number of carbonyl (C=O) groups is 1. The maximum atomic E-state index is 12.6. The van der Waals surface area contributed by atoms with Crippen molar-refractivity contribution in [1.82, 2.24) is 5.32 Å². The number of alkyl halides is 1. The van der Waals surface area contributed by atoms with Gasteiger partial charge >= 0.3 is 163 Å². The topological polar surface area (TPSA) is 62.7 Å². The van der Waals surface area contributed by atoms with Crippen molar-refractivity contribution in [2.45, 2.75) is 0 Å². The zero-order valence-corrected chi connectivity index (χ0v) is 17.1. The average molecular weight is 460 g/mol. The van der Waals surface area contributed by atoms with E-state index in [1.54, 1.807) is 0 Å². The van der Waals surface area contributed by atoms with Gasteiger partial charge in [-0.2, -0.15) is 0 Å². The monoisotopic (exact) mass is 459 g/mol. The van der Waals surface area contributed by atoms with Crippen LogP contribution in [0, 0.1) is 0 Å². The molecule has 0 aromatic heterocycles. The van der Waals surface area contributed by atoms with Gasteiger partial charge in [0.05, 0.1) is 0 Å². The molecule has 118 valence electrons. The van der Waals surface area contributed by atoms with Crippen molar-refractivity contribution < 1.29 is 38.3 Å². The van der Waals surface area contributed by atoms with Crippen LogP contribution in [0.2, 0.25) is 0 Å². The number of benzene rings is 1. The number of rotatable bonds is 3. The number of fused-ring (bicyclic) bond motifs is 1. The fraction of sp³-hybridized carbons (Fsp3) is 0.118. The maximum absolute atomic E-state index is 12.6. The van der Waals surface area contributed by atoms with Crippen LogP contribution in [0.25, 0.3) is 0 Å². The number of hydrogen-bond donors (Lipinski definition) is 2. The number of oxime groups is 1. The first kappa shape index (κ1) is 16.1. The van der Waals surface area contributed by atoms with Crippen molar-refractivity contribution >= 4 is 36.0 Å². The number of nitrogens with zero attached hydrogens (tertiary/aromatic N) is 1.